The van der Waals surface area contributed by atoms with Crippen molar-refractivity contribution < 1.29 is 0 Å². The number of anilines is 1. The standard InChI is InChI=1S/C14H13BrN4S/c1-9-8-20-13(19-9)3-5-16-11-2-4-17-12-6-10(15)7-18-14(11)12/h2,4,6-8H,3,5H2,1H3,(H,16,17). The topological polar surface area (TPSA) is 50.7 Å². The third-order valence-corrected chi connectivity index (χ3v) is 4.33. The van der Waals surface area contributed by atoms with Crippen molar-refractivity contribution in [2.75, 3.05) is 11.9 Å². The zero-order valence-electron chi connectivity index (χ0n) is 10.9. The second kappa shape index (κ2) is 5.85. The molecular formula is C14H13BrN4S. The highest BCUT2D eigenvalue weighted by Crippen LogP contribution is 2.22. The van der Waals surface area contributed by atoms with Crippen LogP contribution in [-0.2, 0) is 6.42 Å². The fourth-order valence-electron chi connectivity index (χ4n) is 1.97. The van der Waals surface area contributed by atoms with Gasteiger partial charge in [0.1, 0.15) is 5.52 Å². The fourth-order valence-corrected chi connectivity index (χ4v) is 3.06. The van der Waals surface area contributed by atoms with Gasteiger partial charge in [-0.25, -0.2) is 4.98 Å². The first kappa shape index (κ1) is 13.5. The summed E-state index contributed by atoms with van der Waals surface area (Å²) in [5.41, 5.74) is 3.88. The maximum absolute atomic E-state index is 4.46. The molecule has 3 aromatic rings. The summed E-state index contributed by atoms with van der Waals surface area (Å²) in [6.07, 6.45) is 4.50. The van der Waals surface area contributed by atoms with Crippen molar-refractivity contribution in [1.29, 1.82) is 0 Å². The molecule has 102 valence electrons. The van der Waals surface area contributed by atoms with Crippen LogP contribution in [0.15, 0.2) is 34.4 Å². The lowest BCUT2D eigenvalue weighted by Crippen LogP contribution is -2.05. The molecule has 3 aromatic heterocycles. The molecule has 3 rings (SSSR count). The number of nitrogens with one attached hydrogen (secondary N) is 1. The summed E-state index contributed by atoms with van der Waals surface area (Å²) in [5, 5.41) is 6.65. The number of rotatable bonds is 4. The average molecular weight is 349 g/mol. The van der Waals surface area contributed by atoms with Gasteiger partial charge in [0.2, 0.25) is 0 Å². The van der Waals surface area contributed by atoms with E-state index in [1.54, 1.807) is 23.7 Å². The molecule has 0 saturated heterocycles. The SMILES string of the molecule is Cc1csc(CCNc2ccnc3cc(Br)cnc23)n1. The maximum atomic E-state index is 4.46. The van der Waals surface area contributed by atoms with Crippen LogP contribution < -0.4 is 5.32 Å². The number of fused-ring (bicyclic) bond motifs is 1. The smallest absolute Gasteiger partial charge is 0.112 e. The van der Waals surface area contributed by atoms with E-state index in [1.165, 1.54) is 0 Å². The van der Waals surface area contributed by atoms with Crippen LogP contribution in [-0.4, -0.2) is 21.5 Å². The fraction of sp³-hybridized carbons (Fsp3) is 0.214. The number of hydrogen-bond acceptors (Lipinski definition) is 5. The highest BCUT2D eigenvalue weighted by molar-refractivity contribution is 9.10. The minimum atomic E-state index is 0.837. The number of aromatic nitrogens is 3. The van der Waals surface area contributed by atoms with Crippen molar-refractivity contribution in [2.45, 2.75) is 13.3 Å². The Hall–Kier alpha value is -1.53. The molecule has 0 aliphatic carbocycles. The van der Waals surface area contributed by atoms with Crippen LogP contribution in [0, 0.1) is 6.92 Å². The second-order valence-corrected chi connectivity index (χ2v) is 6.30. The van der Waals surface area contributed by atoms with E-state index in [2.05, 4.69) is 41.6 Å². The molecule has 0 aliphatic rings. The van der Waals surface area contributed by atoms with Crippen LogP contribution in [0.1, 0.15) is 10.7 Å². The van der Waals surface area contributed by atoms with E-state index in [0.29, 0.717) is 0 Å². The maximum Gasteiger partial charge on any atom is 0.112 e. The predicted molar refractivity (Wildman–Crippen MR) is 86.3 cm³/mol. The minimum absolute atomic E-state index is 0.837. The second-order valence-electron chi connectivity index (χ2n) is 4.44. The average Bonchev–Trinajstić information content (AvgIpc) is 2.84. The van der Waals surface area contributed by atoms with Gasteiger partial charge in [0.15, 0.2) is 0 Å². The minimum Gasteiger partial charge on any atom is -0.383 e. The number of thiazole rings is 1. The Labute approximate surface area is 129 Å². The number of hydrogen-bond donors (Lipinski definition) is 1. The zero-order valence-corrected chi connectivity index (χ0v) is 13.3. The van der Waals surface area contributed by atoms with E-state index in [-0.39, 0.29) is 0 Å². The van der Waals surface area contributed by atoms with Gasteiger partial charge in [-0.05, 0) is 35.0 Å². The summed E-state index contributed by atoms with van der Waals surface area (Å²) >= 11 is 5.12. The molecule has 0 atom stereocenters. The molecule has 0 spiro atoms. The molecule has 0 bridgehead atoms. The molecule has 3 heterocycles. The first-order valence-electron chi connectivity index (χ1n) is 6.27. The van der Waals surface area contributed by atoms with Gasteiger partial charge in [-0.2, -0.15) is 0 Å². The number of aryl methyl sites for hydroxylation is 1. The highest BCUT2D eigenvalue weighted by Gasteiger charge is 2.04. The van der Waals surface area contributed by atoms with Gasteiger partial charge in [0.05, 0.1) is 16.2 Å². The van der Waals surface area contributed by atoms with E-state index in [1.807, 2.05) is 19.1 Å². The van der Waals surface area contributed by atoms with E-state index in [9.17, 15) is 0 Å². The number of nitrogens with zero attached hydrogens (tertiary/aromatic N) is 3. The quantitative estimate of drug-likeness (QED) is 0.778. The van der Waals surface area contributed by atoms with Crippen molar-refractivity contribution in [2.24, 2.45) is 0 Å². The largest absolute Gasteiger partial charge is 0.383 e. The molecule has 0 radical (unpaired) electrons. The van der Waals surface area contributed by atoms with Crippen molar-refractivity contribution >= 4 is 44.0 Å². The Kier molecular flexibility index (Phi) is 3.93. The molecule has 1 N–H and O–H groups in total. The van der Waals surface area contributed by atoms with Gasteiger partial charge in [-0.3, -0.25) is 9.97 Å². The Morgan fingerprint density at radius 1 is 1.35 bits per heavy atom. The lowest BCUT2D eigenvalue weighted by atomic mass is 10.3. The number of pyridine rings is 2. The molecule has 6 heteroatoms. The Bertz CT molecular complexity index is 741. The van der Waals surface area contributed by atoms with Gasteiger partial charge in [-0.15, -0.1) is 11.3 Å². The van der Waals surface area contributed by atoms with Gasteiger partial charge in [0.25, 0.3) is 0 Å². The summed E-state index contributed by atoms with van der Waals surface area (Å²) in [5.74, 6) is 0. The molecule has 0 unspecified atom stereocenters. The molecule has 0 aromatic carbocycles. The molecule has 0 saturated carbocycles. The van der Waals surface area contributed by atoms with E-state index in [0.717, 1.165) is 44.9 Å². The third-order valence-electron chi connectivity index (χ3n) is 2.87. The van der Waals surface area contributed by atoms with Crippen molar-refractivity contribution in [3.05, 3.63) is 45.1 Å². The van der Waals surface area contributed by atoms with Crippen LogP contribution in [0.2, 0.25) is 0 Å². The van der Waals surface area contributed by atoms with Gasteiger partial charge < -0.3 is 5.32 Å². The predicted octanol–water partition coefficient (Wildman–Crippen LogP) is 3.81. The summed E-state index contributed by atoms with van der Waals surface area (Å²) in [4.78, 5) is 13.2. The van der Waals surface area contributed by atoms with Crippen molar-refractivity contribution in [3.8, 4) is 0 Å². The number of halogens is 1. The van der Waals surface area contributed by atoms with Gasteiger partial charge in [-0.1, -0.05) is 0 Å². The van der Waals surface area contributed by atoms with Crippen LogP contribution in [0.25, 0.3) is 11.0 Å². The van der Waals surface area contributed by atoms with Crippen molar-refractivity contribution in [3.63, 3.8) is 0 Å². The van der Waals surface area contributed by atoms with E-state index >= 15 is 0 Å². The molecule has 20 heavy (non-hydrogen) atoms. The third kappa shape index (κ3) is 2.96. The molecule has 4 nitrogen and oxygen atoms in total. The van der Waals surface area contributed by atoms with Gasteiger partial charge in [0, 0.05) is 40.9 Å². The highest BCUT2D eigenvalue weighted by atomic mass is 79.9. The Morgan fingerprint density at radius 2 is 2.25 bits per heavy atom. The lowest BCUT2D eigenvalue weighted by molar-refractivity contribution is 0.987. The van der Waals surface area contributed by atoms with Crippen LogP contribution in [0.4, 0.5) is 5.69 Å². The summed E-state index contributed by atoms with van der Waals surface area (Å²) in [7, 11) is 0. The first-order valence-corrected chi connectivity index (χ1v) is 7.95. The molecular weight excluding hydrogens is 336 g/mol. The normalized spacial score (nSPS) is 10.9. The monoisotopic (exact) mass is 348 g/mol. The van der Waals surface area contributed by atoms with Crippen molar-refractivity contribution in [1.82, 2.24) is 15.0 Å². The Balaban J connectivity index is 1.74. The van der Waals surface area contributed by atoms with Gasteiger partial charge >= 0.3 is 0 Å². The molecule has 0 fully saturated rings. The first-order chi connectivity index (χ1) is 9.72. The zero-order chi connectivity index (χ0) is 13.9. The van der Waals surface area contributed by atoms with Crippen LogP contribution in [0.3, 0.4) is 0 Å². The molecule has 0 aliphatic heterocycles. The summed E-state index contributed by atoms with van der Waals surface area (Å²) in [6.45, 7) is 2.86. The van der Waals surface area contributed by atoms with Crippen LogP contribution >= 0.6 is 27.3 Å². The van der Waals surface area contributed by atoms with E-state index in [4.69, 9.17) is 0 Å². The van der Waals surface area contributed by atoms with E-state index < -0.39 is 0 Å². The lowest BCUT2D eigenvalue weighted by Gasteiger charge is -2.07. The van der Waals surface area contributed by atoms with Crippen LogP contribution in [0.5, 0.6) is 0 Å². The Morgan fingerprint density at radius 3 is 3.05 bits per heavy atom. The summed E-state index contributed by atoms with van der Waals surface area (Å²) in [6, 6.07) is 3.92. The molecule has 0 amide bonds. The summed E-state index contributed by atoms with van der Waals surface area (Å²) < 4.78 is 0.938.